The maximum Gasteiger partial charge on any atom is 0.209 e. The number of rotatable bonds is 4. The zero-order valence-electron chi connectivity index (χ0n) is 12.3. The topological polar surface area (TPSA) is 76.2 Å². The Bertz CT molecular complexity index is 855. The molecule has 6 nitrogen and oxygen atoms in total. The van der Waals surface area contributed by atoms with E-state index in [9.17, 15) is 10.0 Å². The molecule has 0 saturated heterocycles. The van der Waals surface area contributed by atoms with Crippen molar-refractivity contribution >= 4 is 11.5 Å². The molecule has 0 spiro atoms. The number of aliphatic hydroxyl groups excluding tert-OH is 1. The number of ether oxygens (including phenoxy) is 1. The third-order valence-corrected chi connectivity index (χ3v) is 3.57. The average molecular weight is 297 g/mol. The molecule has 2 heterocycles. The van der Waals surface area contributed by atoms with Gasteiger partial charge in [-0.05, 0) is 30.3 Å². The van der Waals surface area contributed by atoms with E-state index in [4.69, 9.17) is 4.74 Å². The fraction of sp³-hybridized carbons (Fsp3) is 0.188. The van der Waals surface area contributed by atoms with E-state index in [-0.39, 0.29) is 12.4 Å². The Morgan fingerprint density at radius 1 is 1.36 bits per heavy atom. The Labute approximate surface area is 127 Å². The number of hydrogen-bond donors (Lipinski definition) is 1. The summed E-state index contributed by atoms with van der Waals surface area (Å²) in [5, 5.41) is 12.6. The monoisotopic (exact) mass is 297 g/mol. The van der Waals surface area contributed by atoms with Crippen LogP contribution in [0.5, 0.6) is 5.75 Å². The molecule has 0 aliphatic heterocycles. The lowest BCUT2D eigenvalue weighted by Crippen LogP contribution is -1.90. The van der Waals surface area contributed by atoms with Crippen molar-refractivity contribution in [2.75, 3.05) is 7.11 Å². The molecule has 0 radical (unpaired) electrons. The second-order valence-electron chi connectivity index (χ2n) is 4.96. The van der Waals surface area contributed by atoms with E-state index in [1.54, 1.807) is 29.8 Å². The first-order valence-electron chi connectivity index (χ1n) is 6.78. The van der Waals surface area contributed by atoms with Crippen molar-refractivity contribution < 1.29 is 9.84 Å². The molecule has 0 unspecified atom stereocenters. The van der Waals surface area contributed by atoms with Crippen molar-refractivity contribution in [2.24, 2.45) is 5.18 Å². The van der Waals surface area contributed by atoms with Crippen LogP contribution in [-0.2, 0) is 6.61 Å². The third kappa shape index (κ3) is 2.14. The fourth-order valence-electron chi connectivity index (χ4n) is 2.51. The van der Waals surface area contributed by atoms with Crippen LogP contribution in [-0.4, -0.2) is 21.6 Å². The van der Waals surface area contributed by atoms with E-state index < -0.39 is 0 Å². The van der Waals surface area contributed by atoms with Gasteiger partial charge >= 0.3 is 0 Å². The number of aryl methyl sites for hydroxylation is 1. The van der Waals surface area contributed by atoms with Crippen LogP contribution in [0.25, 0.3) is 16.9 Å². The second-order valence-corrected chi connectivity index (χ2v) is 4.96. The summed E-state index contributed by atoms with van der Waals surface area (Å²) < 4.78 is 6.94. The van der Waals surface area contributed by atoms with Crippen molar-refractivity contribution in [3.05, 3.63) is 52.6 Å². The van der Waals surface area contributed by atoms with Crippen molar-refractivity contribution in [3.63, 3.8) is 0 Å². The summed E-state index contributed by atoms with van der Waals surface area (Å²) in [4.78, 5) is 15.8. The maximum absolute atomic E-state index is 11.3. The Morgan fingerprint density at radius 3 is 2.86 bits per heavy atom. The SMILES string of the molecule is COc1ccc(C)cc1-c1nc2c(CO)cccn2c1N=O. The van der Waals surface area contributed by atoms with Crippen molar-refractivity contribution in [1.82, 2.24) is 9.38 Å². The maximum atomic E-state index is 11.3. The van der Waals surface area contributed by atoms with Crippen LogP contribution in [0.1, 0.15) is 11.1 Å². The van der Waals surface area contributed by atoms with Crippen molar-refractivity contribution in [1.29, 1.82) is 0 Å². The van der Waals surface area contributed by atoms with Gasteiger partial charge in [0, 0.05) is 17.3 Å². The quantitative estimate of drug-likeness (QED) is 0.750. The normalized spacial score (nSPS) is 10.9. The number of pyridine rings is 1. The molecule has 6 heteroatoms. The summed E-state index contributed by atoms with van der Waals surface area (Å²) in [6.07, 6.45) is 1.70. The van der Waals surface area contributed by atoms with E-state index in [1.165, 1.54) is 0 Å². The van der Waals surface area contributed by atoms with Crippen LogP contribution in [0, 0.1) is 11.8 Å². The predicted molar refractivity (Wildman–Crippen MR) is 83.3 cm³/mol. The van der Waals surface area contributed by atoms with Gasteiger partial charge in [-0.25, -0.2) is 4.98 Å². The molecule has 1 N–H and O–H groups in total. The first-order valence-corrected chi connectivity index (χ1v) is 6.78. The Balaban J connectivity index is 2.36. The number of imidazole rings is 1. The number of aromatic nitrogens is 2. The van der Waals surface area contributed by atoms with Gasteiger partial charge < -0.3 is 9.84 Å². The largest absolute Gasteiger partial charge is 0.496 e. The summed E-state index contributed by atoms with van der Waals surface area (Å²) >= 11 is 0. The van der Waals surface area contributed by atoms with Crippen molar-refractivity contribution in [2.45, 2.75) is 13.5 Å². The van der Waals surface area contributed by atoms with Gasteiger partial charge in [0.25, 0.3) is 0 Å². The van der Waals surface area contributed by atoms with Gasteiger partial charge in [-0.1, -0.05) is 17.7 Å². The first kappa shape index (κ1) is 14.2. The summed E-state index contributed by atoms with van der Waals surface area (Å²) in [6.45, 7) is 1.79. The molecular weight excluding hydrogens is 282 g/mol. The highest BCUT2D eigenvalue weighted by atomic mass is 16.5. The fourth-order valence-corrected chi connectivity index (χ4v) is 2.51. The van der Waals surface area contributed by atoms with E-state index in [1.807, 2.05) is 25.1 Å². The van der Waals surface area contributed by atoms with E-state index in [0.29, 0.717) is 28.2 Å². The molecule has 0 aliphatic rings. The van der Waals surface area contributed by atoms with Gasteiger partial charge in [0.2, 0.25) is 5.82 Å². The summed E-state index contributed by atoms with van der Waals surface area (Å²) in [5.41, 5.74) is 3.30. The highest BCUT2D eigenvalue weighted by Gasteiger charge is 2.19. The molecule has 2 aromatic heterocycles. The average Bonchev–Trinajstić information content (AvgIpc) is 2.93. The molecule has 0 bridgehead atoms. The molecule has 22 heavy (non-hydrogen) atoms. The van der Waals surface area contributed by atoms with E-state index in [0.717, 1.165) is 5.56 Å². The predicted octanol–water partition coefficient (Wildman–Crippen LogP) is 3.21. The van der Waals surface area contributed by atoms with Gasteiger partial charge in [-0.2, -0.15) is 0 Å². The van der Waals surface area contributed by atoms with Crippen LogP contribution in [0.2, 0.25) is 0 Å². The molecule has 1 aromatic carbocycles. The van der Waals surface area contributed by atoms with Gasteiger partial charge in [0.15, 0.2) is 0 Å². The number of methoxy groups -OCH3 is 1. The Hall–Kier alpha value is -2.73. The molecule has 3 aromatic rings. The Morgan fingerprint density at radius 2 is 2.18 bits per heavy atom. The van der Waals surface area contributed by atoms with Gasteiger partial charge in [-0.15, -0.1) is 4.91 Å². The summed E-state index contributed by atoms with van der Waals surface area (Å²) in [5.74, 6) is 0.804. The minimum atomic E-state index is -0.163. The molecule has 112 valence electrons. The number of hydrogen-bond acceptors (Lipinski definition) is 5. The van der Waals surface area contributed by atoms with E-state index >= 15 is 0 Å². The lowest BCUT2D eigenvalue weighted by Gasteiger charge is -2.07. The smallest absolute Gasteiger partial charge is 0.209 e. The van der Waals surface area contributed by atoms with Crippen LogP contribution < -0.4 is 4.74 Å². The minimum Gasteiger partial charge on any atom is -0.496 e. The molecule has 0 atom stereocenters. The van der Waals surface area contributed by atoms with Gasteiger partial charge in [0.1, 0.15) is 17.1 Å². The summed E-state index contributed by atoms with van der Waals surface area (Å²) in [6, 6.07) is 9.15. The molecule has 0 saturated carbocycles. The van der Waals surface area contributed by atoms with Crippen LogP contribution >= 0.6 is 0 Å². The third-order valence-electron chi connectivity index (χ3n) is 3.57. The highest BCUT2D eigenvalue weighted by Crippen LogP contribution is 2.37. The molecule has 0 fully saturated rings. The first-order chi connectivity index (χ1) is 10.7. The lowest BCUT2D eigenvalue weighted by molar-refractivity contribution is 0.282. The molecule has 0 aliphatic carbocycles. The molecule has 3 rings (SSSR count). The minimum absolute atomic E-state index is 0.163. The van der Waals surface area contributed by atoms with Gasteiger partial charge in [-0.3, -0.25) is 4.40 Å². The number of nitrogens with zero attached hydrogens (tertiary/aromatic N) is 3. The zero-order valence-corrected chi connectivity index (χ0v) is 12.3. The number of fused-ring (bicyclic) bond motifs is 1. The van der Waals surface area contributed by atoms with Crippen LogP contribution in [0.15, 0.2) is 41.7 Å². The zero-order chi connectivity index (χ0) is 15.7. The van der Waals surface area contributed by atoms with Crippen LogP contribution in [0.4, 0.5) is 5.82 Å². The van der Waals surface area contributed by atoms with Gasteiger partial charge in [0.05, 0.1) is 13.7 Å². The van der Waals surface area contributed by atoms with E-state index in [2.05, 4.69) is 10.2 Å². The standard InChI is InChI=1S/C16H15N3O3/c1-10-5-6-13(22-2)12(8-10)14-16(18-21)19-7-3-4-11(9-20)15(19)17-14/h3-8,20H,9H2,1-2H3. The number of nitroso groups, excluding NO2 is 1. The number of benzene rings is 1. The molecule has 0 amide bonds. The van der Waals surface area contributed by atoms with Crippen molar-refractivity contribution in [3.8, 4) is 17.0 Å². The Kier molecular flexibility index (Phi) is 3.60. The molecular formula is C16H15N3O3. The lowest BCUT2D eigenvalue weighted by atomic mass is 10.1. The number of aliphatic hydroxyl groups is 1. The second kappa shape index (κ2) is 5.57. The van der Waals surface area contributed by atoms with Crippen LogP contribution in [0.3, 0.4) is 0 Å². The summed E-state index contributed by atoms with van der Waals surface area (Å²) in [7, 11) is 1.57. The highest BCUT2D eigenvalue weighted by molar-refractivity contribution is 5.79.